The molecule has 2 heterocycles. The fraction of sp³-hybridized carbons (Fsp3) is 0.421. The number of anilines is 1. The van der Waals surface area contributed by atoms with Crippen molar-refractivity contribution in [3.8, 4) is 0 Å². The van der Waals surface area contributed by atoms with Gasteiger partial charge in [0, 0.05) is 22.3 Å². The molecule has 2 aromatic rings. The first-order valence-electron chi connectivity index (χ1n) is 8.36. The van der Waals surface area contributed by atoms with Crippen molar-refractivity contribution in [3.63, 3.8) is 0 Å². The van der Waals surface area contributed by atoms with Gasteiger partial charge in [0.25, 0.3) is 0 Å². The summed E-state index contributed by atoms with van der Waals surface area (Å²) in [7, 11) is 0. The summed E-state index contributed by atoms with van der Waals surface area (Å²) in [5.74, 6) is -0.0991. The third kappa shape index (κ3) is 3.90. The number of ketones is 1. The van der Waals surface area contributed by atoms with Crippen LogP contribution in [0.1, 0.15) is 59.2 Å². The number of aryl methyl sites for hydroxylation is 2. The highest BCUT2D eigenvalue weighted by molar-refractivity contribution is 7.17. The molecule has 1 N–H and O–H groups in total. The molecule has 0 unspecified atom stereocenters. The molecule has 0 radical (unpaired) electrons. The number of ether oxygens (including phenoxy) is 1. The van der Waals surface area contributed by atoms with Crippen LogP contribution < -0.4 is 5.32 Å². The Morgan fingerprint density at radius 3 is 2.64 bits per heavy atom. The Kier molecular flexibility index (Phi) is 4.64. The van der Waals surface area contributed by atoms with Crippen LogP contribution in [-0.2, 0) is 17.6 Å². The molecule has 132 valence electrons. The highest BCUT2D eigenvalue weighted by atomic mass is 32.1. The summed E-state index contributed by atoms with van der Waals surface area (Å²) in [6, 6.07) is 3.60. The number of fused-ring (bicyclic) bond motifs is 1. The molecule has 25 heavy (non-hydrogen) atoms. The fourth-order valence-corrected chi connectivity index (χ4v) is 4.15. The van der Waals surface area contributed by atoms with Crippen molar-refractivity contribution in [2.24, 2.45) is 0 Å². The van der Waals surface area contributed by atoms with Gasteiger partial charge in [0.1, 0.15) is 10.6 Å². The van der Waals surface area contributed by atoms with Gasteiger partial charge in [-0.05, 0) is 64.7 Å². The van der Waals surface area contributed by atoms with Crippen molar-refractivity contribution in [2.75, 3.05) is 5.32 Å². The Morgan fingerprint density at radius 1 is 1.24 bits per heavy atom. The van der Waals surface area contributed by atoms with E-state index in [-0.39, 0.29) is 5.78 Å². The van der Waals surface area contributed by atoms with Gasteiger partial charge in [-0.1, -0.05) is 0 Å². The zero-order valence-corrected chi connectivity index (χ0v) is 15.8. The van der Waals surface area contributed by atoms with Crippen molar-refractivity contribution in [3.05, 3.63) is 45.6 Å². The largest absolute Gasteiger partial charge is 0.444 e. The summed E-state index contributed by atoms with van der Waals surface area (Å²) in [5.41, 5.74) is 2.45. The number of amides is 1. The van der Waals surface area contributed by atoms with Gasteiger partial charge in [-0.15, -0.1) is 11.3 Å². The number of carbonyl (C=O) groups excluding carboxylic acids is 2. The average Bonchev–Trinajstić information content (AvgIpc) is 3.05. The second-order valence-corrected chi connectivity index (χ2v) is 8.31. The number of thiophene rings is 1. The van der Waals surface area contributed by atoms with Crippen LogP contribution in [0.25, 0.3) is 0 Å². The summed E-state index contributed by atoms with van der Waals surface area (Å²) < 4.78 is 5.33. The number of carbonyl (C=O) groups is 2. The normalized spacial score (nSPS) is 13.4. The quantitative estimate of drug-likeness (QED) is 0.819. The molecule has 0 aliphatic heterocycles. The second-order valence-electron chi connectivity index (χ2n) is 7.21. The number of nitrogens with one attached hydrogen (secondary N) is 1. The van der Waals surface area contributed by atoms with E-state index in [2.05, 4.69) is 10.3 Å². The van der Waals surface area contributed by atoms with Gasteiger partial charge < -0.3 is 4.74 Å². The molecule has 0 saturated carbocycles. The van der Waals surface area contributed by atoms with Crippen LogP contribution >= 0.6 is 11.3 Å². The van der Waals surface area contributed by atoms with Crippen molar-refractivity contribution >= 4 is 28.2 Å². The molecule has 0 spiro atoms. The Hall–Kier alpha value is -2.21. The number of pyridine rings is 1. The SMILES string of the molecule is Cc1ccc(C(=O)c2c(NC(=O)OC(C)(C)C)sc3c2CCC3)cn1. The molecule has 1 aliphatic rings. The number of rotatable bonds is 3. The van der Waals surface area contributed by atoms with Crippen molar-refractivity contribution < 1.29 is 14.3 Å². The molecule has 1 amide bonds. The van der Waals surface area contributed by atoms with E-state index in [0.29, 0.717) is 16.1 Å². The maximum Gasteiger partial charge on any atom is 0.412 e. The van der Waals surface area contributed by atoms with E-state index in [1.807, 2.05) is 33.8 Å². The Bertz CT molecular complexity index is 816. The molecule has 0 bridgehead atoms. The molecular formula is C19H22N2O3S. The van der Waals surface area contributed by atoms with Crippen LogP contribution in [-0.4, -0.2) is 22.5 Å². The maximum atomic E-state index is 13.0. The molecule has 0 aromatic carbocycles. The summed E-state index contributed by atoms with van der Waals surface area (Å²) in [4.78, 5) is 30.6. The lowest BCUT2D eigenvalue weighted by Gasteiger charge is -2.19. The summed E-state index contributed by atoms with van der Waals surface area (Å²) in [6.07, 6.45) is 3.90. The van der Waals surface area contributed by atoms with Crippen LogP contribution in [0.4, 0.5) is 9.80 Å². The molecule has 1 aliphatic carbocycles. The fourth-order valence-electron chi connectivity index (χ4n) is 2.88. The molecule has 2 aromatic heterocycles. The molecule has 0 saturated heterocycles. The Balaban J connectivity index is 1.93. The monoisotopic (exact) mass is 358 g/mol. The minimum Gasteiger partial charge on any atom is -0.444 e. The topological polar surface area (TPSA) is 68.3 Å². The first-order valence-corrected chi connectivity index (χ1v) is 9.18. The second kappa shape index (κ2) is 6.59. The highest BCUT2D eigenvalue weighted by Crippen LogP contribution is 2.40. The summed E-state index contributed by atoms with van der Waals surface area (Å²) >= 11 is 1.48. The van der Waals surface area contributed by atoms with Crippen molar-refractivity contribution in [1.29, 1.82) is 0 Å². The van der Waals surface area contributed by atoms with E-state index in [0.717, 1.165) is 30.5 Å². The highest BCUT2D eigenvalue weighted by Gasteiger charge is 2.29. The van der Waals surface area contributed by atoms with Crippen LogP contribution in [0, 0.1) is 6.92 Å². The van der Waals surface area contributed by atoms with Crippen LogP contribution in [0.3, 0.4) is 0 Å². The van der Waals surface area contributed by atoms with Gasteiger partial charge >= 0.3 is 6.09 Å². The van der Waals surface area contributed by atoms with Crippen molar-refractivity contribution in [1.82, 2.24) is 4.98 Å². The third-order valence-electron chi connectivity index (χ3n) is 3.94. The minimum atomic E-state index is -0.588. The first kappa shape index (κ1) is 17.6. The van der Waals surface area contributed by atoms with Gasteiger partial charge in [0.15, 0.2) is 5.78 Å². The summed E-state index contributed by atoms with van der Waals surface area (Å²) in [6.45, 7) is 7.31. The van der Waals surface area contributed by atoms with Crippen LogP contribution in [0.2, 0.25) is 0 Å². The lowest BCUT2D eigenvalue weighted by Crippen LogP contribution is -2.27. The van der Waals surface area contributed by atoms with Gasteiger partial charge in [-0.2, -0.15) is 0 Å². The zero-order chi connectivity index (χ0) is 18.2. The zero-order valence-electron chi connectivity index (χ0n) is 14.9. The number of aromatic nitrogens is 1. The first-order chi connectivity index (χ1) is 11.7. The minimum absolute atomic E-state index is 0.0991. The van der Waals surface area contributed by atoms with Gasteiger partial charge in [-0.25, -0.2) is 4.79 Å². The maximum absolute atomic E-state index is 13.0. The Labute approximate surface area is 151 Å². The van der Waals surface area contributed by atoms with E-state index in [1.54, 1.807) is 12.3 Å². The molecule has 0 atom stereocenters. The number of hydrogen-bond donors (Lipinski definition) is 1. The summed E-state index contributed by atoms with van der Waals surface area (Å²) in [5, 5.41) is 3.35. The van der Waals surface area contributed by atoms with Crippen molar-refractivity contribution in [2.45, 2.75) is 52.6 Å². The average molecular weight is 358 g/mol. The molecule has 3 rings (SSSR count). The smallest absolute Gasteiger partial charge is 0.412 e. The van der Waals surface area contributed by atoms with Gasteiger partial charge in [-0.3, -0.25) is 15.1 Å². The van der Waals surface area contributed by atoms with E-state index in [4.69, 9.17) is 4.74 Å². The van der Waals surface area contributed by atoms with E-state index < -0.39 is 11.7 Å². The van der Waals surface area contributed by atoms with Crippen LogP contribution in [0.15, 0.2) is 18.3 Å². The predicted molar refractivity (Wildman–Crippen MR) is 98.6 cm³/mol. The number of nitrogens with zero attached hydrogens (tertiary/aromatic N) is 1. The van der Waals surface area contributed by atoms with Crippen LogP contribution in [0.5, 0.6) is 0 Å². The van der Waals surface area contributed by atoms with Gasteiger partial charge in [0.05, 0.1) is 5.56 Å². The lowest BCUT2D eigenvalue weighted by atomic mass is 10.0. The van der Waals surface area contributed by atoms with E-state index in [1.165, 1.54) is 16.2 Å². The lowest BCUT2D eigenvalue weighted by molar-refractivity contribution is 0.0636. The molecular weight excluding hydrogens is 336 g/mol. The predicted octanol–water partition coefficient (Wildman–Crippen LogP) is 4.52. The van der Waals surface area contributed by atoms with E-state index >= 15 is 0 Å². The molecule has 5 nitrogen and oxygen atoms in total. The third-order valence-corrected chi connectivity index (χ3v) is 5.14. The standard InChI is InChI=1S/C19H22N2O3S/c1-11-8-9-12(10-20-11)16(22)15-13-6-5-7-14(13)25-17(15)21-18(23)24-19(2,3)4/h8-10H,5-7H2,1-4H3,(H,21,23). The molecule has 0 fully saturated rings. The van der Waals surface area contributed by atoms with Gasteiger partial charge in [0.2, 0.25) is 0 Å². The van der Waals surface area contributed by atoms with E-state index in [9.17, 15) is 9.59 Å². The Morgan fingerprint density at radius 2 is 2.00 bits per heavy atom. The molecule has 6 heteroatoms. The number of hydrogen-bond acceptors (Lipinski definition) is 5.